The monoisotopic (exact) mass is 269 g/mol. The summed E-state index contributed by atoms with van der Waals surface area (Å²) < 4.78 is 6.38. The maximum atomic E-state index is 5.94. The average molecular weight is 270 g/mol. The SMILES string of the molecule is CCc1cccc(OC2CCN(C(=S)Cl)C2)c1. The first-order valence-electron chi connectivity index (χ1n) is 5.89. The van der Waals surface area contributed by atoms with E-state index in [0.29, 0.717) is 4.45 Å². The Labute approximate surface area is 113 Å². The summed E-state index contributed by atoms with van der Waals surface area (Å²) in [6, 6.07) is 8.25. The first-order chi connectivity index (χ1) is 8.19. The molecule has 0 bridgehead atoms. The maximum Gasteiger partial charge on any atom is 0.170 e. The molecule has 1 saturated heterocycles. The van der Waals surface area contributed by atoms with E-state index < -0.39 is 0 Å². The van der Waals surface area contributed by atoms with Crippen LogP contribution in [0.25, 0.3) is 0 Å². The minimum atomic E-state index is 0.193. The van der Waals surface area contributed by atoms with Crippen LogP contribution in [-0.4, -0.2) is 28.5 Å². The molecule has 17 heavy (non-hydrogen) atoms. The van der Waals surface area contributed by atoms with Gasteiger partial charge < -0.3 is 9.64 Å². The van der Waals surface area contributed by atoms with Crippen molar-refractivity contribution in [3.8, 4) is 5.75 Å². The molecule has 1 atom stereocenters. The van der Waals surface area contributed by atoms with Crippen LogP contribution in [0.1, 0.15) is 18.9 Å². The summed E-state index contributed by atoms with van der Waals surface area (Å²) in [4.78, 5) is 1.98. The number of halogens is 1. The molecule has 0 saturated carbocycles. The van der Waals surface area contributed by atoms with Gasteiger partial charge in [0.25, 0.3) is 0 Å². The molecule has 4 heteroatoms. The zero-order valence-electron chi connectivity index (χ0n) is 9.86. The number of thiocarbonyl (C=S) groups is 1. The van der Waals surface area contributed by atoms with Crippen LogP contribution >= 0.6 is 23.8 Å². The molecule has 1 fully saturated rings. The van der Waals surface area contributed by atoms with Crippen molar-refractivity contribution in [2.24, 2.45) is 0 Å². The highest BCUT2D eigenvalue weighted by Crippen LogP contribution is 2.20. The molecule has 0 aliphatic carbocycles. The predicted octanol–water partition coefficient (Wildman–Crippen LogP) is 3.23. The third kappa shape index (κ3) is 3.33. The van der Waals surface area contributed by atoms with Crippen LogP contribution < -0.4 is 4.74 Å². The minimum Gasteiger partial charge on any atom is -0.489 e. The van der Waals surface area contributed by atoms with Gasteiger partial charge in [0.2, 0.25) is 0 Å². The summed E-state index contributed by atoms with van der Waals surface area (Å²) in [5.74, 6) is 0.941. The van der Waals surface area contributed by atoms with Crippen molar-refractivity contribution in [1.82, 2.24) is 4.90 Å². The lowest BCUT2D eigenvalue weighted by atomic mass is 10.1. The summed E-state index contributed by atoms with van der Waals surface area (Å²) in [5, 5.41) is 0. The quantitative estimate of drug-likeness (QED) is 0.475. The fourth-order valence-electron chi connectivity index (χ4n) is 2.02. The van der Waals surface area contributed by atoms with Crippen molar-refractivity contribution in [2.45, 2.75) is 25.9 Å². The van der Waals surface area contributed by atoms with E-state index in [-0.39, 0.29) is 6.10 Å². The van der Waals surface area contributed by atoms with Crippen LogP contribution in [-0.2, 0) is 6.42 Å². The molecule has 1 aliphatic rings. The van der Waals surface area contributed by atoms with Crippen LogP contribution in [0.15, 0.2) is 24.3 Å². The van der Waals surface area contributed by atoms with Crippen LogP contribution in [0.2, 0.25) is 0 Å². The lowest BCUT2D eigenvalue weighted by Crippen LogP contribution is -2.26. The van der Waals surface area contributed by atoms with Gasteiger partial charge in [-0.25, -0.2) is 0 Å². The zero-order valence-corrected chi connectivity index (χ0v) is 11.4. The molecule has 1 aromatic carbocycles. The number of hydrogen-bond donors (Lipinski definition) is 0. The van der Waals surface area contributed by atoms with Crippen molar-refractivity contribution in [2.75, 3.05) is 13.1 Å². The molecule has 0 aromatic heterocycles. The third-order valence-electron chi connectivity index (χ3n) is 3.00. The minimum absolute atomic E-state index is 0.193. The van der Waals surface area contributed by atoms with Crippen LogP contribution in [0.5, 0.6) is 5.75 Å². The number of hydrogen-bond acceptors (Lipinski definition) is 2. The van der Waals surface area contributed by atoms with Gasteiger partial charge in [0.1, 0.15) is 11.9 Å². The summed E-state index contributed by atoms with van der Waals surface area (Å²) in [5.41, 5.74) is 1.30. The molecule has 0 amide bonds. The van der Waals surface area contributed by atoms with Gasteiger partial charge >= 0.3 is 0 Å². The molecule has 92 valence electrons. The third-order valence-corrected chi connectivity index (χ3v) is 3.50. The second-order valence-corrected chi connectivity index (χ2v) is 5.20. The molecule has 1 heterocycles. The molecular weight excluding hydrogens is 254 g/mol. The van der Waals surface area contributed by atoms with Gasteiger partial charge in [-0.15, -0.1) is 0 Å². The summed E-state index contributed by atoms with van der Waals surface area (Å²) in [7, 11) is 0. The number of ether oxygens (including phenoxy) is 1. The molecule has 2 nitrogen and oxygen atoms in total. The normalized spacial score (nSPS) is 19.4. The second kappa shape index (κ2) is 5.69. The van der Waals surface area contributed by atoms with E-state index in [1.165, 1.54) is 5.56 Å². The summed E-state index contributed by atoms with van der Waals surface area (Å²) >= 11 is 10.8. The number of aryl methyl sites for hydroxylation is 1. The van der Waals surface area contributed by atoms with E-state index in [1.54, 1.807) is 0 Å². The first kappa shape index (κ1) is 12.7. The highest BCUT2D eigenvalue weighted by molar-refractivity contribution is 7.83. The molecule has 2 rings (SSSR count). The molecular formula is C13H16ClNOS. The molecule has 0 spiro atoms. The largest absolute Gasteiger partial charge is 0.489 e. The number of nitrogens with zero attached hydrogens (tertiary/aromatic N) is 1. The number of rotatable bonds is 3. The van der Waals surface area contributed by atoms with Crippen LogP contribution in [0, 0.1) is 0 Å². The Morgan fingerprint density at radius 3 is 3.06 bits per heavy atom. The second-order valence-electron chi connectivity index (χ2n) is 4.23. The fraction of sp³-hybridized carbons (Fsp3) is 0.462. The van der Waals surface area contributed by atoms with Gasteiger partial charge in [-0.1, -0.05) is 30.7 Å². The van der Waals surface area contributed by atoms with Gasteiger partial charge in [-0.3, -0.25) is 0 Å². The van der Waals surface area contributed by atoms with Gasteiger partial charge in [-0.05, 0) is 36.3 Å². The zero-order chi connectivity index (χ0) is 12.3. The lowest BCUT2D eigenvalue weighted by Gasteiger charge is -2.16. The summed E-state index contributed by atoms with van der Waals surface area (Å²) in [6.45, 7) is 3.82. The Hall–Kier alpha value is -0.800. The molecule has 0 radical (unpaired) electrons. The fourth-order valence-corrected chi connectivity index (χ4v) is 2.33. The number of likely N-dealkylation sites (tertiary alicyclic amines) is 1. The smallest absolute Gasteiger partial charge is 0.170 e. The Balaban J connectivity index is 1.95. The average Bonchev–Trinajstić information content (AvgIpc) is 2.78. The van der Waals surface area contributed by atoms with E-state index >= 15 is 0 Å². The van der Waals surface area contributed by atoms with Crippen molar-refractivity contribution in [3.05, 3.63) is 29.8 Å². The highest BCUT2D eigenvalue weighted by atomic mass is 35.5. The van der Waals surface area contributed by atoms with E-state index in [0.717, 1.165) is 31.7 Å². The van der Waals surface area contributed by atoms with Crippen molar-refractivity contribution >= 4 is 28.3 Å². The molecule has 1 aliphatic heterocycles. The van der Waals surface area contributed by atoms with Gasteiger partial charge in [0.05, 0.1) is 6.54 Å². The van der Waals surface area contributed by atoms with E-state index in [9.17, 15) is 0 Å². The number of benzene rings is 1. The Morgan fingerprint density at radius 2 is 2.41 bits per heavy atom. The van der Waals surface area contributed by atoms with Crippen LogP contribution in [0.3, 0.4) is 0 Å². The highest BCUT2D eigenvalue weighted by Gasteiger charge is 2.24. The topological polar surface area (TPSA) is 12.5 Å². The van der Waals surface area contributed by atoms with Crippen molar-refractivity contribution in [1.29, 1.82) is 0 Å². The molecule has 0 N–H and O–H groups in total. The van der Waals surface area contributed by atoms with E-state index in [1.807, 2.05) is 17.0 Å². The standard InChI is InChI=1S/C13H16ClNOS/c1-2-10-4-3-5-11(8-10)16-12-6-7-15(9-12)13(14)17/h3-5,8,12H,2,6-7,9H2,1H3. The van der Waals surface area contributed by atoms with Crippen LogP contribution in [0.4, 0.5) is 0 Å². The van der Waals surface area contributed by atoms with Crippen molar-refractivity contribution < 1.29 is 4.74 Å². The van der Waals surface area contributed by atoms with Gasteiger partial charge in [-0.2, -0.15) is 0 Å². The maximum absolute atomic E-state index is 5.94. The van der Waals surface area contributed by atoms with E-state index in [2.05, 4.69) is 19.1 Å². The lowest BCUT2D eigenvalue weighted by molar-refractivity contribution is 0.215. The van der Waals surface area contributed by atoms with E-state index in [4.69, 9.17) is 28.6 Å². The van der Waals surface area contributed by atoms with Gasteiger partial charge in [0.15, 0.2) is 4.45 Å². The Bertz CT molecular complexity index is 410. The Kier molecular flexibility index (Phi) is 4.24. The summed E-state index contributed by atoms with van der Waals surface area (Å²) in [6.07, 6.45) is 2.20. The molecule has 1 unspecified atom stereocenters. The van der Waals surface area contributed by atoms with Crippen molar-refractivity contribution in [3.63, 3.8) is 0 Å². The Morgan fingerprint density at radius 1 is 1.59 bits per heavy atom. The molecule has 1 aromatic rings. The van der Waals surface area contributed by atoms with Gasteiger partial charge in [0, 0.05) is 13.0 Å². The predicted molar refractivity (Wildman–Crippen MR) is 74.9 cm³/mol. The first-order valence-corrected chi connectivity index (χ1v) is 6.67.